The smallest absolute Gasteiger partial charge is 0.167 e. The fourth-order valence-corrected chi connectivity index (χ4v) is 1.82. The van der Waals surface area contributed by atoms with Crippen LogP contribution in [0.4, 0.5) is 10.1 Å². The second-order valence-electron chi connectivity index (χ2n) is 4.18. The molecule has 1 heterocycles. The summed E-state index contributed by atoms with van der Waals surface area (Å²) in [5, 5.41) is 3.22. The molecule has 96 valence electrons. The van der Waals surface area contributed by atoms with Gasteiger partial charge in [-0.2, -0.15) is 0 Å². The lowest BCUT2D eigenvalue weighted by Gasteiger charge is -2.14. The molecule has 4 heteroatoms. The molecule has 0 saturated carbocycles. The molecule has 1 unspecified atom stereocenters. The first-order valence-corrected chi connectivity index (χ1v) is 5.81. The molecule has 0 radical (unpaired) electrons. The first-order valence-electron chi connectivity index (χ1n) is 5.81. The lowest BCUT2D eigenvalue weighted by Crippen LogP contribution is -2.17. The van der Waals surface area contributed by atoms with E-state index in [1.807, 2.05) is 19.1 Å². The summed E-state index contributed by atoms with van der Waals surface area (Å²) in [7, 11) is 1.45. The monoisotopic (exact) mass is 249 g/mol. The summed E-state index contributed by atoms with van der Waals surface area (Å²) in [4.78, 5) is 0. The van der Waals surface area contributed by atoms with Gasteiger partial charge < -0.3 is 14.5 Å². The van der Waals surface area contributed by atoms with E-state index in [9.17, 15) is 4.39 Å². The highest BCUT2D eigenvalue weighted by Gasteiger charge is 2.08. The summed E-state index contributed by atoms with van der Waals surface area (Å²) in [6.45, 7) is 2.02. The van der Waals surface area contributed by atoms with Gasteiger partial charge >= 0.3 is 0 Å². The summed E-state index contributed by atoms with van der Waals surface area (Å²) in [6, 6.07) is 8.76. The van der Waals surface area contributed by atoms with Crippen LogP contribution in [0.3, 0.4) is 0 Å². The summed E-state index contributed by atoms with van der Waals surface area (Å²) < 4.78 is 23.6. The zero-order valence-corrected chi connectivity index (χ0v) is 10.4. The Kier molecular flexibility index (Phi) is 3.87. The van der Waals surface area contributed by atoms with Gasteiger partial charge in [-0.3, -0.25) is 0 Å². The second kappa shape index (κ2) is 5.58. The van der Waals surface area contributed by atoms with Crippen LogP contribution in [0.25, 0.3) is 0 Å². The number of halogens is 1. The van der Waals surface area contributed by atoms with Gasteiger partial charge in [0, 0.05) is 24.2 Å². The minimum absolute atomic E-state index is 0.156. The molecule has 0 saturated heterocycles. The van der Waals surface area contributed by atoms with E-state index >= 15 is 0 Å². The summed E-state index contributed by atoms with van der Waals surface area (Å²) in [5.74, 6) is 0.788. The fourth-order valence-electron chi connectivity index (χ4n) is 1.82. The Morgan fingerprint density at radius 3 is 2.83 bits per heavy atom. The van der Waals surface area contributed by atoms with Crippen molar-refractivity contribution in [2.24, 2.45) is 0 Å². The first kappa shape index (κ1) is 12.5. The number of methoxy groups -OCH3 is 1. The predicted octanol–water partition coefficient (Wildman–Crippen LogP) is 3.47. The van der Waals surface area contributed by atoms with Gasteiger partial charge in [-0.25, -0.2) is 4.39 Å². The van der Waals surface area contributed by atoms with Crippen molar-refractivity contribution in [3.63, 3.8) is 0 Å². The van der Waals surface area contributed by atoms with Crippen molar-refractivity contribution >= 4 is 5.69 Å². The van der Waals surface area contributed by atoms with Crippen molar-refractivity contribution in [2.45, 2.75) is 19.4 Å². The van der Waals surface area contributed by atoms with Crippen molar-refractivity contribution in [1.29, 1.82) is 0 Å². The number of hydrogen-bond donors (Lipinski definition) is 1. The van der Waals surface area contributed by atoms with Crippen molar-refractivity contribution in [3.05, 3.63) is 48.2 Å². The van der Waals surface area contributed by atoms with E-state index in [1.54, 1.807) is 18.4 Å². The third kappa shape index (κ3) is 3.03. The fraction of sp³-hybridized carbons (Fsp3) is 0.286. The molecule has 0 bridgehead atoms. The Hall–Kier alpha value is -1.97. The van der Waals surface area contributed by atoms with Gasteiger partial charge in [0.2, 0.25) is 0 Å². The number of nitrogens with one attached hydrogen (secondary N) is 1. The van der Waals surface area contributed by atoms with Crippen molar-refractivity contribution in [1.82, 2.24) is 0 Å². The van der Waals surface area contributed by atoms with Gasteiger partial charge in [-0.05, 0) is 31.2 Å². The van der Waals surface area contributed by atoms with E-state index in [-0.39, 0.29) is 17.6 Å². The third-order valence-electron chi connectivity index (χ3n) is 2.65. The topological polar surface area (TPSA) is 34.4 Å². The molecular formula is C14H16FNO2. The highest BCUT2D eigenvalue weighted by atomic mass is 19.1. The number of rotatable bonds is 5. The van der Waals surface area contributed by atoms with Gasteiger partial charge in [0.15, 0.2) is 11.6 Å². The van der Waals surface area contributed by atoms with Crippen LogP contribution >= 0.6 is 0 Å². The first-order chi connectivity index (χ1) is 8.69. The average molecular weight is 249 g/mol. The third-order valence-corrected chi connectivity index (χ3v) is 2.65. The van der Waals surface area contributed by atoms with Crippen LogP contribution in [-0.4, -0.2) is 13.2 Å². The molecule has 1 atom stereocenters. The van der Waals surface area contributed by atoms with E-state index in [0.29, 0.717) is 0 Å². The molecule has 18 heavy (non-hydrogen) atoms. The molecule has 0 aliphatic heterocycles. The van der Waals surface area contributed by atoms with Gasteiger partial charge in [0.1, 0.15) is 5.76 Å². The Balaban J connectivity index is 1.98. The molecular weight excluding hydrogens is 233 g/mol. The Morgan fingerprint density at radius 2 is 2.22 bits per heavy atom. The zero-order chi connectivity index (χ0) is 13.0. The maximum Gasteiger partial charge on any atom is 0.167 e. The highest BCUT2D eigenvalue weighted by Crippen LogP contribution is 2.21. The van der Waals surface area contributed by atoms with E-state index in [4.69, 9.17) is 9.15 Å². The van der Waals surface area contributed by atoms with Crippen LogP contribution < -0.4 is 10.1 Å². The summed E-state index contributed by atoms with van der Waals surface area (Å²) >= 11 is 0. The van der Waals surface area contributed by atoms with Crippen LogP contribution in [0, 0.1) is 5.82 Å². The van der Waals surface area contributed by atoms with Gasteiger partial charge in [0.05, 0.1) is 13.4 Å². The molecule has 1 aromatic heterocycles. The molecule has 0 spiro atoms. The van der Waals surface area contributed by atoms with Crippen molar-refractivity contribution in [2.75, 3.05) is 12.4 Å². The molecule has 3 nitrogen and oxygen atoms in total. The van der Waals surface area contributed by atoms with Gasteiger partial charge in [0.25, 0.3) is 0 Å². The van der Waals surface area contributed by atoms with E-state index in [1.165, 1.54) is 13.2 Å². The van der Waals surface area contributed by atoms with Gasteiger partial charge in [-0.15, -0.1) is 0 Å². The lowest BCUT2D eigenvalue weighted by molar-refractivity contribution is 0.386. The zero-order valence-electron chi connectivity index (χ0n) is 10.4. The molecule has 1 N–H and O–H groups in total. The standard InChI is InChI=1S/C14H16FNO2/c1-10(8-12-4-3-7-18-12)16-11-5-6-14(17-2)13(15)9-11/h3-7,9-10,16H,8H2,1-2H3. The maximum absolute atomic E-state index is 13.5. The maximum atomic E-state index is 13.5. The number of anilines is 1. The Bertz CT molecular complexity index is 497. The largest absolute Gasteiger partial charge is 0.494 e. The van der Waals surface area contributed by atoms with Crippen LogP contribution in [0.5, 0.6) is 5.75 Å². The quantitative estimate of drug-likeness (QED) is 0.881. The van der Waals surface area contributed by atoms with Crippen LogP contribution in [0.1, 0.15) is 12.7 Å². The van der Waals surface area contributed by atoms with Crippen molar-refractivity contribution < 1.29 is 13.5 Å². The average Bonchev–Trinajstić information content (AvgIpc) is 2.82. The van der Waals surface area contributed by atoms with Crippen molar-refractivity contribution in [3.8, 4) is 5.75 Å². The number of hydrogen-bond acceptors (Lipinski definition) is 3. The Labute approximate surface area is 106 Å². The molecule has 0 aliphatic carbocycles. The summed E-state index contributed by atoms with van der Waals surface area (Å²) in [6.07, 6.45) is 2.40. The normalized spacial score (nSPS) is 12.2. The van der Waals surface area contributed by atoms with Crippen LogP contribution in [-0.2, 0) is 6.42 Å². The highest BCUT2D eigenvalue weighted by molar-refractivity contribution is 5.48. The molecule has 2 rings (SSSR count). The molecule has 0 fully saturated rings. The number of ether oxygens (including phenoxy) is 1. The molecule has 0 amide bonds. The molecule has 2 aromatic rings. The molecule has 0 aliphatic rings. The van der Waals surface area contributed by atoms with Gasteiger partial charge in [-0.1, -0.05) is 0 Å². The second-order valence-corrected chi connectivity index (χ2v) is 4.18. The minimum atomic E-state index is -0.368. The van der Waals surface area contributed by atoms with Crippen LogP contribution in [0.15, 0.2) is 41.0 Å². The number of benzene rings is 1. The Morgan fingerprint density at radius 1 is 1.39 bits per heavy atom. The summed E-state index contributed by atoms with van der Waals surface area (Å²) in [5.41, 5.74) is 0.729. The molecule has 1 aromatic carbocycles. The predicted molar refractivity (Wildman–Crippen MR) is 68.4 cm³/mol. The SMILES string of the molecule is COc1ccc(NC(C)Cc2ccco2)cc1F. The minimum Gasteiger partial charge on any atom is -0.494 e. The van der Waals surface area contributed by atoms with E-state index in [0.717, 1.165) is 17.9 Å². The van der Waals surface area contributed by atoms with Crippen LogP contribution in [0.2, 0.25) is 0 Å². The lowest BCUT2D eigenvalue weighted by atomic mass is 10.2. The number of furan rings is 1. The van der Waals surface area contributed by atoms with E-state index in [2.05, 4.69) is 5.32 Å². The van der Waals surface area contributed by atoms with E-state index < -0.39 is 0 Å².